The van der Waals surface area contributed by atoms with E-state index in [9.17, 15) is 24.8 Å². The molecule has 4 N–H and O–H groups in total. The lowest BCUT2D eigenvalue weighted by molar-refractivity contribution is -0.132. The summed E-state index contributed by atoms with van der Waals surface area (Å²) in [4.78, 5) is 40.2. The van der Waals surface area contributed by atoms with Crippen LogP contribution in [0.3, 0.4) is 0 Å². The number of aliphatic hydroxyl groups is 1. The van der Waals surface area contributed by atoms with Crippen molar-refractivity contribution in [2.75, 3.05) is 18.4 Å². The number of aliphatic hydroxyl groups excluding tert-OH is 1. The monoisotopic (exact) mass is 515 g/mol. The molecule has 2 aliphatic rings. The fourth-order valence-corrected chi connectivity index (χ4v) is 6.05. The van der Waals surface area contributed by atoms with Gasteiger partial charge in [0.2, 0.25) is 11.8 Å². The van der Waals surface area contributed by atoms with Gasteiger partial charge in [-0.05, 0) is 58.7 Å². The number of nitrogens with one attached hydrogen (secondary N) is 3. The predicted octanol–water partition coefficient (Wildman–Crippen LogP) is 2.48. The van der Waals surface area contributed by atoms with Crippen molar-refractivity contribution in [3.63, 3.8) is 0 Å². The molecule has 0 spiro atoms. The van der Waals surface area contributed by atoms with Crippen LogP contribution in [0.2, 0.25) is 0 Å². The smallest absolute Gasteiger partial charge is 0.251 e. The van der Waals surface area contributed by atoms with E-state index in [1.165, 1.54) is 11.8 Å². The number of amides is 3. The van der Waals surface area contributed by atoms with Crippen molar-refractivity contribution < 1.29 is 19.5 Å². The van der Waals surface area contributed by atoms with E-state index >= 15 is 0 Å². The number of rotatable bonds is 8. The molecule has 36 heavy (non-hydrogen) atoms. The predicted molar refractivity (Wildman–Crippen MR) is 140 cm³/mol. The van der Waals surface area contributed by atoms with Gasteiger partial charge >= 0.3 is 0 Å². The summed E-state index contributed by atoms with van der Waals surface area (Å²) >= 11 is 1.30. The number of thioether (sulfide) groups is 1. The second kappa shape index (κ2) is 12.0. The zero-order chi connectivity index (χ0) is 26.5. The number of nitriles is 1. The Bertz CT molecular complexity index is 1000. The highest BCUT2D eigenvalue weighted by Crippen LogP contribution is 2.36. The molecular weight excluding hydrogens is 478 g/mol. The molecule has 3 amide bonds. The molecule has 1 heterocycles. The Kier molecular flexibility index (Phi) is 9.25. The van der Waals surface area contributed by atoms with Crippen LogP contribution in [0.5, 0.6) is 0 Å². The minimum Gasteiger partial charge on any atom is -0.391 e. The van der Waals surface area contributed by atoms with Crippen LogP contribution < -0.4 is 16.0 Å². The van der Waals surface area contributed by atoms with Gasteiger partial charge in [0, 0.05) is 29.9 Å². The Morgan fingerprint density at radius 2 is 2.00 bits per heavy atom. The number of hydrogen-bond acceptors (Lipinski definition) is 7. The molecule has 1 aliphatic carbocycles. The van der Waals surface area contributed by atoms with Crippen molar-refractivity contribution in [3.8, 4) is 6.07 Å². The summed E-state index contributed by atoms with van der Waals surface area (Å²) in [6.45, 7) is 8.25. The van der Waals surface area contributed by atoms with E-state index in [2.05, 4.69) is 22.0 Å². The molecule has 9 nitrogen and oxygen atoms in total. The summed E-state index contributed by atoms with van der Waals surface area (Å²) in [7, 11) is 0. The molecular formula is C26H37N5O4S. The maximum atomic E-state index is 13.1. The van der Waals surface area contributed by atoms with E-state index < -0.39 is 28.6 Å². The minimum atomic E-state index is -1.04. The largest absolute Gasteiger partial charge is 0.391 e. The first kappa shape index (κ1) is 27.8. The molecule has 5 atom stereocenters. The van der Waals surface area contributed by atoms with Gasteiger partial charge in [0.05, 0.1) is 18.2 Å². The van der Waals surface area contributed by atoms with Crippen LogP contribution in [-0.4, -0.2) is 69.1 Å². The van der Waals surface area contributed by atoms with Crippen LogP contribution in [0.15, 0.2) is 24.3 Å². The highest BCUT2D eigenvalue weighted by Gasteiger charge is 2.46. The van der Waals surface area contributed by atoms with Gasteiger partial charge in [0.1, 0.15) is 10.6 Å². The number of anilines is 1. The quantitative estimate of drug-likeness (QED) is 0.418. The number of carbonyl (C=O) groups excluding carboxylic acids is 3. The van der Waals surface area contributed by atoms with E-state index in [-0.39, 0.29) is 23.4 Å². The Labute approximate surface area is 217 Å². The first-order valence-corrected chi connectivity index (χ1v) is 13.5. The van der Waals surface area contributed by atoms with Gasteiger partial charge in [-0.15, -0.1) is 11.8 Å². The van der Waals surface area contributed by atoms with Crippen LogP contribution >= 0.6 is 11.8 Å². The molecule has 3 unspecified atom stereocenters. The summed E-state index contributed by atoms with van der Waals surface area (Å²) < 4.78 is 0. The van der Waals surface area contributed by atoms with E-state index in [4.69, 9.17) is 0 Å². The molecule has 0 bridgehead atoms. The van der Waals surface area contributed by atoms with Crippen LogP contribution in [0.4, 0.5) is 5.69 Å². The Morgan fingerprint density at radius 1 is 1.28 bits per heavy atom. The average Bonchev–Trinajstić information content (AvgIpc) is 3.13. The fourth-order valence-electron chi connectivity index (χ4n) is 4.54. The van der Waals surface area contributed by atoms with E-state index in [1.54, 1.807) is 23.1 Å². The van der Waals surface area contributed by atoms with Crippen molar-refractivity contribution in [2.24, 2.45) is 5.92 Å². The van der Waals surface area contributed by atoms with Crippen molar-refractivity contribution >= 4 is 35.2 Å². The van der Waals surface area contributed by atoms with Gasteiger partial charge in [-0.1, -0.05) is 18.9 Å². The molecule has 0 aromatic heterocycles. The van der Waals surface area contributed by atoms with Gasteiger partial charge in [0.15, 0.2) is 5.92 Å². The highest BCUT2D eigenvalue weighted by atomic mass is 32.2. The van der Waals surface area contributed by atoms with E-state index in [0.29, 0.717) is 37.2 Å². The van der Waals surface area contributed by atoms with E-state index in [0.717, 1.165) is 12.8 Å². The summed E-state index contributed by atoms with van der Waals surface area (Å²) in [6, 6.07) is 8.81. The molecule has 1 aromatic carbocycles. The van der Waals surface area contributed by atoms with Gasteiger partial charge in [-0.25, -0.2) is 0 Å². The number of nitrogens with zero attached hydrogens (tertiary/aromatic N) is 2. The third kappa shape index (κ3) is 6.92. The number of carbonyl (C=O) groups is 3. The molecule has 2 fully saturated rings. The molecule has 1 aromatic rings. The van der Waals surface area contributed by atoms with Crippen molar-refractivity contribution in [2.45, 2.75) is 81.7 Å². The van der Waals surface area contributed by atoms with Crippen LogP contribution in [0, 0.1) is 17.2 Å². The van der Waals surface area contributed by atoms with Crippen molar-refractivity contribution in [1.29, 1.82) is 5.26 Å². The third-order valence-electron chi connectivity index (χ3n) is 6.38. The van der Waals surface area contributed by atoms with Crippen LogP contribution in [0.25, 0.3) is 0 Å². The zero-order valence-corrected chi connectivity index (χ0v) is 22.2. The van der Waals surface area contributed by atoms with Gasteiger partial charge in [-0.3, -0.25) is 14.4 Å². The molecule has 1 saturated heterocycles. The van der Waals surface area contributed by atoms with Gasteiger partial charge in [0.25, 0.3) is 5.91 Å². The zero-order valence-electron chi connectivity index (χ0n) is 21.4. The summed E-state index contributed by atoms with van der Waals surface area (Å²) in [5, 5.41) is 28.0. The fraction of sp³-hybridized carbons (Fsp3) is 0.615. The maximum Gasteiger partial charge on any atom is 0.251 e. The van der Waals surface area contributed by atoms with Crippen molar-refractivity contribution in [1.82, 2.24) is 15.5 Å². The lowest BCUT2D eigenvalue weighted by Gasteiger charge is -2.31. The SMILES string of the molecule is CCN1C(=O)C(CNc2cccc(C(=O)NC(C)(C)C)c2)SC1C(C#N)C(=O)N[C@H]1CCCC[C@@H]1O. The molecule has 0 radical (unpaired) electrons. The maximum absolute atomic E-state index is 13.1. The Morgan fingerprint density at radius 3 is 2.64 bits per heavy atom. The second-order valence-corrected chi connectivity index (χ2v) is 11.7. The standard InChI is InChI=1S/C26H37N5O4S/c1-5-31-24(35)21(15-28-17-10-8-9-16(13-17)22(33)30-26(2,3)4)36-25(31)18(14-27)23(34)29-19-11-6-7-12-20(19)32/h8-10,13,18-21,25,28,32H,5-7,11-12,15H2,1-4H3,(H,29,34)(H,30,33)/t18?,19-,20-,21?,25?/m0/s1. The van der Waals surface area contributed by atoms with Crippen LogP contribution in [0.1, 0.15) is 63.7 Å². The van der Waals surface area contributed by atoms with Crippen molar-refractivity contribution in [3.05, 3.63) is 29.8 Å². The summed E-state index contributed by atoms with van der Waals surface area (Å²) in [5.41, 5.74) is 0.863. The summed E-state index contributed by atoms with van der Waals surface area (Å²) in [6.07, 6.45) is 2.54. The first-order chi connectivity index (χ1) is 17.0. The van der Waals surface area contributed by atoms with Gasteiger partial charge in [-0.2, -0.15) is 5.26 Å². The number of benzene rings is 1. The highest BCUT2D eigenvalue weighted by molar-refractivity contribution is 8.01. The normalized spacial score (nSPS) is 25.1. The van der Waals surface area contributed by atoms with Gasteiger partial charge < -0.3 is 26.0 Å². The second-order valence-electron chi connectivity index (χ2n) is 10.4. The molecule has 3 rings (SSSR count). The Balaban J connectivity index is 1.65. The first-order valence-electron chi connectivity index (χ1n) is 12.5. The lowest BCUT2D eigenvalue weighted by Crippen LogP contribution is -2.50. The molecule has 1 aliphatic heterocycles. The molecule has 1 saturated carbocycles. The summed E-state index contributed by atoms with van der Waals surface area (Å²) in [5.74, 6) is -1.80. The average molecular weight is 516 g/mol. The minimum absolute atomic E-state index is 0.132. The molecule has 10 heteroatoms. The van der Waals surface area contributed by atoms with Crippen LogP contribution in [-0.2, 0) is 9.59 Å². The lowest BCUT2D eigenvalue weighted by atomic mass is 9.92. The third-order valence-corrected chi connectivity index (χ3v) is 7.88. The van der Waals surface area contributed by atoms with E-state index in [1.807, 2.05) is 33.8 Å². The number of hydrogen-bond donors (Lipinski definition) is 4. The topological polar surface area (TPSA) is 135 Å². The molecule has 196 valence electrons. The Hall–Kier alpha value is -2.77.